The molecule has 3 heterocycles. The van der Waals surface area contributed by atoms with E-state index in [0.29, 0.717) is 5.56 Å². The van der Waals surface area contributed by atoms with Crippen molar-refractivity contribution in [1.29, 1.82) is 0 Å². The van der Waals surface area contributed by atoms with Crippen LogP contribution in [0.15, 0.2) is 46.2 Å². The van der Waals surface area contributed by atoms with Crippen molar-refractivity contribution in [3.05, 3.63) is 80.0 Å². The van der Waals surface area contributed by atoms with Crippen molar-refractivity contribution >= 4 is 16.9 Å². The number of aryl methyl sites for hydroxylation is 3. The monoisotopic (exact) mass is 405 g/mol. The van der Waals surface area contributed by atoms with E-state index in [4.69, 9.17) is 0 Å². The molecular formula is C22H23N5O3. The van der Waals surface area contributed by atoms with Crippen LogP contribution in [0.5, 0.6) is 0 Å². The summed E-state index contributed by atoms with van der Waals surface area (Å²) in [4.78, 5) is 42.1. The zero-order valence-electron chi connectivity index (χ0n) is 17.6. The second kappa shape index (κ2) is 6.98. The first-order valence-electron chi connectivity index (χ1n) is 9.60. The van der Waals surface area contributed by atoms with E-state index in [1.54, 1.807) is 7.05 Å². The Balaban J connectivity index is 1.77. The van der Waals surface area contributed by atoms with Crippen LogP contribution in [-0.4, -0.2) is 29.0 Å². The van der Waals surface area contributed by atoms with Crippen LogP contribution in [0.2, 0.25) is 0 Å². The van der Waals surface area contributed by atoms with Crippen LogP contribution in [-0.2, 0) is 20.6 Å². The first-order chi connectivity index (χ1) is 14.2. The molecule has 0 aliphatic heterocycles. The molecule has 0 aliphatic rings. The van der Waals surface area contributed by atoms with E-state index in [2.05, 4.69) is 15.6 Å². The molecule has 0 saturated heterocycles. The fourth-order valence-corrected chi connectivity index (χ4v) is 3.97. The maximum atomic E-state index is 13.1. The van der Waals surface area contributed by atoms with E-state index < -0.39 is 11.2 Å². The summed E-state index contributed by atoms with van der Waals surface area (Å²) in [5.41, 5.74) is 4.11. The molecule has 30 heavy (non-hydrogen) atoms. The number of Topliss-reactive ketones (excluding diaryl/α,β-unsaturated/α-hetero) is 1. The van der Waals surface area contributed by atoms with E-state index in [9.17, 15) is 14.4 Å². The Hall–Kier alpha value is -3.68. The molecule has 0 radical (unpaired) electrons. The molecular weight excluding hydrogens is 382 g/mol. The van der Waals surface area contributed by atoms with Crippen LogP contribution in [0.4, 0.5) is 0 Å². The van der Waals surface area contributed by atoms with Gasteiger partial charge in [0.25, 0.3) is 5.56 Å². The zero-order valence-corrected chi connectivity index (χ0v) is 17.6. The minimum atomic E-state index is -0.469. The predicted molar refractivity (Wildman–Crippen MR) is 115 cm³/mol. The average molecular weight is 405 g/mol. The normalized spacial score (nSPS) is 11.4. The van der Waals surface area contributed by atoms with Gasteiger partial charge in [0.2, 0.25) is 0 Å². The van der Waals surface area contributed by atoms with Gasteiger partial charge in [0.05, 0.1) is 12.9 Å². The fourth-order valence-electron chi connectivity index (χ4n) is 3.97. The molecule has 4 rings (SSSR count). The van der Waals surface area contributed by atoms with Crippen molar-refractivity contribution in [2.24, 2.45) is 14.1 Å². The molecule has 154 valence electrons. The Morgan fingerprint density at radius 2 is 1.77 bits per heavy atom. The smallest absolute Gasteiger partial charge is 0.318 e. The third-order valence-electron chi connectivity index (χ3n) is 5.52. The maximum absolute atomic E-state index is 13.1. The van der Waals surface area contributed by atoms with Crippen molar-refractivity contribution < 1.29 is 4.79 Å². The van der Waals surface area contributed by atoms with Gasteiger partial charge in [-0.2, -0.15) is 0 Å². The van der Waals surface area contributed by atoms with E-state index in [-0.39, 0.29) is 23.5 Å². The number of hydrogen-bond donors (Lipinski definition) is 0. The highest BCUT2D eigenvalue weighted by atomic mass is 16.2. The number of ketones is 1. The fraction of sp³-hybridized carbons (Fsp3) is 0.273. The topological polar surface area (TPSA) is 83.8 Å². The Morgan fingerprint density at radius 1 is 1.03 bits per heavy atom. The first kappa shape index (κ1) is 19.6. The number of benzene rings is 1. The van der Waals surface area contributed by atoms with Crippen LogP contribution in [0.25, 0.3) is 16.9 Å². The number of nitrogens with zero attached hydrogens (tertiary/aromatic N) is 5. The Bertz CT molecular complexity index is 1430. The van der Waals surface area contributed by atoms with Crippen LogP contribution in [0, 0.1) is 20.8 Å². The van der Waals surface area contributed by atoms with Crippen LogP contribution >= 0.6 is 0 Å². The number of imidazole rings is 1. The van der Waals surface area contributed by atoms with Gasteiger partial charge in [-0.05, 0) is 44.5 Å². The highest BCUT2D eigenvalue weighted by molar-refractivity contribution is 5.98. The Kier molecular flexibility index (Phi) is 4.57. The van der Waals surface area contributed by atoms with Gasteiger partial charge in [0.1, 0.15) is 0 Å². The van der Waals surface area contributed by atoms with Gasteiger partial charge in [-0.25, -0.2) is 9.78 Å². The minimum Gasteiger partial charge on any atom is -0.318 e. The predicted octanol–water partition coefficient (Wildman–Crippen LogP) is 2.03. The van der Waals surface area contributed by atoms with Crippen molar-refractivity contribution in [3.63, 3.8) is 0 Å². The van der Waals surface area contributed by atoms with Gasteiger partial charge < -0.3 is 9.13 Å². The van der Waals surface area contributed by atoms with Crippen molar-refractivity contribution in [3.8, 4) is 5.69 Å². The van der Waals surface area contributed by atoms with Crippen molar-refractivity contribution in [2.45, 2.75) is 27.3 Å². The van der Waals surface area contributed by atoms with Gasteiger partial charge in [-0.1, -0.05) is 12.1 Å². The second-order valence-corrected chi connectivity index (χ2v) is 7.63. The Morgan fingerprint density at radius 3 is 2.47 bits per heavy atom. The molecule has 0 bridgehead atoms. The highest BCUT2D eigenvalue weighted by Crippen LogP contribution is 2.22. The molecule has 8 heteroatoms. The molecule has 0 spiro atoms. The molecule has 0 saturated carbocycles. The summed E-state index contributed by atoms with van der Waals surface area (Å²) >= 11 is 0. The van der Waals surface area contributed by atoms with Gasteiger partial charge in [-0.15, -0.1) is 0 Å². The molecule has 0 fully saturated rings. The van der Waals surface area contributed by atoms with Gasteiger partial charge in [0.15, 0.2) is 16.9 Å². The largest absolute Gasteiger partial charge is 0.332 e. The summed E-state index contributed by atoms with van der Waals surface area (Å²) in [7, 11) is 2.97. The molecule has 3 aromatic heterocycles. The third-order valence-corrected chi connectivity index (χ3v) is 5.52. The standard InChI is InChI=1S/C22H23N5O3/c1-13-7-6-8-16(9-13)27-14(2)10-17(15(27)3)18(28)11-26-12-23-20-19(26)21(29)25(5)22(30)24(20)4/h6-10,12H,11H2,1-5H3. The lowest BCUT2D eigenvalue weighted by atomic mass is 10.1. The molecule has 0 N–H and O–H groups in total. The third kappa shape index (κ3) is 2.92. The summed E-state index contributed by atoms with van der Waals surface area (Å²) in [5, 5.41) is 0. The van der Waals surface area contributed by atoms with Crippen molar-refractivity contribution in [1.82, 2.24) is 23.3 Å². The average Bonchev–Trinajstić information content (AvgIpc) is 3.25. The highest BCUT2D eigenvalue weighted by Gasteiger charge is 2.20. The number of fused-ring (bicyclic) bond motifs is 1. The minimum absolute atomic E-state index is 0.0396. The van der Waals surface area contributed by atoms with Crippen LogP contribution in [0.1, 0.15) is 27.3 Å². The first-order valence-corrected chi connectivity index (χ1v) is 9.60. The summed E-state index contributed by atoms with van der Waals surface area (Å²) in [5.74, 6) is -0.128. The summed E-state index contributed by atoms with van der Waals surface area (Å²) in [6.07, 6.45) is 1.43. The lowest BCUT2D eigenvalue weighted by Crippen LogP contribution is -2.37. The number of hydrogen-bond acceptors (Lipinski definition) is 4. The molecule has 0 aliphatic carbocycles. The lowest BCUT2D eigenvalue weighted by molar-refractivity contribution is 0.0972. The van der Waals surface area contributed by atoms with Crippen LogP contribution < -0.4 is 11.2 Å². The lowest BCUT2D eigenvalue weighted by Gasteiger charge is -2.11. The molecule has 8 nitrogen and oxygen atoms in total. The van der Waals surface area contributed by atoms with E-state index in [1.165, 1.54) is 22.5 Å². The van der Waals surface area contributed by atoms with E-state index in [0.717, 1.165) is 27.2 Å². The SMILES string of the molecule is Cc1cccc(-n2c(C)cc(C(=O)Cn3cnc4c3c(=O)n(C)c(=O)n4C)c2C)c1. The van der Waals surface area contributed by atoms with Gasteiger partial charge in [0, 0.05) is 36.7 Å². The van der Waals surface area contributed by atoms with E-state index in [1.807, 2.05) is 45.0 Å². The summed E-state index contributed by atoms with van der Waals surface area (Å²) < 4.78 is 5.89. The van der Waals surface area contributed by atoms with Crippen molar-refractivity contribution in [2.75, 3.05) is 0 Å². The van der Waals surface area contributed by atoms with Crippen LogP contribution in [0.3, 0.4) is 0 Å². The second-order valence-electron chi connectivity index (χ2n) is 7.63. The quantitative estimate of drug-likeness (QED) is 0.487. The number of carbonyl (C=O) groups excluding carboxylic acids is 1. The molecule has 0 unspecified atom stereocenters. The van der Waals surface area contributed by atoms with Gasteiger partial charge in [-0.3, -0.25) is 18.7 Å². The number of carbonyl (C=O) groups is 1. The number of aromatic nitrogens is 5. The summed E-state index contributed by atoms with van der Waals surface area (Å²) in [6.45, 7) is 5.87. The Labute approximate surface area is 172 Å². The summed E-state index contributed by atoms with van der Waals surface area (Å²) in [6, 6.07) is 9.97. The maximum Gasteiger partial charge on any atom is 0.332 e. The molecule has 0 atom stereocenters. The molecule has 1 aromatic carbocycles. The molecule has 4 aromatic rings. The zero-order chi connectivity index (χ0) is 21.7. The van der Waals surface area contributed by atoms with Gasteiger partial charge >= 0.3 is 5.69 Å². The number of rotatable bonds is 4. The van der Waals surface area contributed by atoms with E-state index >= 15 is 0 Å². The molecule has 0 amide bonds.